The van der Waals surface area contributed by atoms with Gasteiger partial charge < -0.3 is 5.11 Å². The van der Waals surface area contributed by atoms with E-state index >= 15 is 0 Å². The summed E-state index contributed by atoms with van der Waals surface area (Å²) in [7, 11) is 0. The van der Waals surface area contributed by atoms with Gasteiger partial charge >= 0.3 is 5.97 Å². The number of carboxylic acid groups (broad SMARTS) is 1. The average Bonchev–Trinajstić information content (AvgIpc) is 2.82. The fourth-order valence-corrected chi connectivity index (χ4v) is 1.81. The molecule has 0 fully saturated rings. The van der Waals surface area contributed by atoms with E-state index in [-0.39, 0.29) is 0 Å². The Hall–Kier alpha value is -1.89. The molecule has 88 valence electrons. The number of aliphatic carboxylic acids is 1. The van der Waals surface area contributed by atoms with Crippen LogP contribution in [-0.4, -0.2) is 36.1 Å². The summed E-state index contributed by atoms with van der Waals surface area (Å²) in [6.07, 6.45) is 4.99. The van der Waals surface area contributed by atoms with Crippen molar-refractivity contribution in [3.63, 3.8) is 0 Å². The lowest BCUT2D eigenvalue weighted by atomic mass is 10.5. The Balaban J connectivity index is 2.20. The Bertz CT molecular complexity index is 515. The van der Waals surface area contributed by atoms with Crippen LogP contribution in [0.5, 0.6) is 0 Å². The SMILES string of the molecule is CC(Sc1nccc(-n2cccn2)n1)C(=O)O. The first-order valence-electron chi connectivity index (χ1n) is 4.89. The van der Waals surface area contributed by atoms with E-state index in [0.29, 0.717) is 11.0 Å². The van der Waals surface area contributed by atoms with Crippen molar-refractivity contribution < 1.29 is 9.90 Å². The molecule has 0 aliphatic carbocycles. The van der Waals surface area contributed by atoms with Crippen molar-refractivity contribution in [3.8, 4) is 5.82 Å². The molecule has 0 aliphatic heterocycles. The van der Waals surface area contributed by atoms with Crippen LogP contribution in [0.3, 0.4) is 0 Å². The molecule has 1 N–H and O–H groups in total. The molecule has 0 radical (unpaired) electrons. The van der Waals surface area contributed by atoms with E-state index in [1.54, 1.807) is 42.3 Å². The second-order valence-corrected chi connectivity index (χ2v) is 4.55. The number of thioether (sulfide) groups is 1. The summed E-state index contributed by atoms with van der Waals surface area (Å²) < 4.78 is 1.59. The van der Waals surface area contributed by atoms with Crippen LogP contribution in [-0.2, 0) is 4.79 Å². The molecule has 2 rings (SSSR count). The molecule has 1 atom stereocenters. The molecule has 0 amide bonds. The zero-order valence-corrected chi connectivity index (χ0v) is 9.83. The normalized spacial score (nSPS) is 12.3. The Kier molecular flexibility index (Phi) is 3.38. The molecular formula is C10H10N4O2S. The highest BCUT2D eigenvalue weighted by molar-refractivity contribution is 8.00. The Labute approximate surface area is 102 Å². The highest BCUT2D eigenvalue weighted by Gasteiger charge is 2.14. The van der Waals surface area contributed by atoms with Gasteiger partial charge in [-0.1, -0.05) is 11.8 Å². The first kappa shape index (κ1) is 11.6. The predicted octanol–water partition coefficient (Wildman–Crippen LogP) is 1.23. The maximum absolute atomic E-state index is 10.7. The zero-order valence-electron chi connectivity index (χ0n) is 9.02. The van der Waals surface area contributed by atoms with Gasteiger partial charge in [0.15, 0.2) is 11.0 Å². The van der Waals surface area contributed by atoms with Gasteiger partial charge in [0, 0.05) is 24.7 Å². The van der Waals surface area contributed by atoms with E-state index in [1.165, 1.54) is 0 Å². The average molecular weight is 250 g/mol. The first-order valence-corrected chi connectivity index (χ1v) is 5.77. The van der Waals surface area contributed by atoms with Crippen LogP contribution in [0, 0.1) is 0 Å². The standard InChI is InChI=1S/C10H10N4O2S/c1-7(9(15)16)17-10-11-5-3-8(13-10)14-6-2-4-12-14/h2-7H,1H3,(H,15,16). The number of rotatable bonds is 4. The second-order valence-electron chi connectivity index (χ2n) is 3.25. The minimum atomic E-state index is -0.886. The van der Waals surface area contributed by atoms with Gasteiger partial charge in [0.1, 0.15) is 5.25 Å². The van der Waals surface area contributed by atoms with Gasteiger partial charge in [-0.2, -0.15) is 5.10 Å². The Morgan fingerprint density at radius 2 is 2.35 bits per heavy atom. The van der Waals surface area contributed by atoms with Crippen LogP contribution in [0.25, 0.3) is 5.82 Å². The Morgan fingerprint density at radius 1 is 1.53 bits per heavy atom. The molecule has 1 unspecified atom stereocenters. The number of carbonyl (C=O) groups is 1. The summed E-state index contributed by atoms with van der Waals surface area (Å²) in [6, 6.07) is 3.50. The van der Waals surface area contributed by atoms with Crippen molar-refractivity contribution in [2.45, 2.75) is 17.3 Å². The third kappa shape index (κ3) is 2.82. The lowest BCUT2D eigenvalue weighted by molar-refractivity contribution is -0.136. The maximum atomic E-state index is 10.7. The van der Waals surface area contributed by atoms with Crippen molar-refractivity contribution in [3.05, 3.63) is 30.7 Å². The topological polar surface area (TPSA) is 80.9 Å². The quantitative estimate of drug-likeness (QED) is 0.649. The highest BCUT2D eigenvalue weighted by Crippen LogP contribution is 2.19. The molecule has 17 heavy (non-hydrogen) atoms. The highest BCUT2D eigenvalue weighted by atomic mass is 32.2. The molecule has 0 bridgehead atoms. The number of hydrogen-bond acceptors (Lipinski definition) is 5. The Morgan fingerprint density at radius 3 is 3.00 bits per heavy atom. The van der Waals surface area contributed by atoms with Crippen molar-refractivity contribution in [2.24, 2.45) is 0 Å². The van der Waals surface area contributed by atoms with E-state index < -0.39 is 11.2 Å². The van der Waals surface area contributed by atoms with E-state index in [1.807, 2.05) is 0 Å². The summed E-state index contributed by atoms with van der Waals surface area (Å²) in [5.74, 6) is -0.270. The third-order valence-electron chi connectivity index (χ3n) is 1.99. The minimum absolute atomic E-state index is 0.424. The molecule has 0 saturated heterocycles. The van der Waals surface area contributed by atoms with Gasteiger partial charge in [-0.15, -0.1) is 0 Å². The van der Waals surface area contributed by atoms with Crippen LogP contribution in [0.1, 0.15) is 6.92 Å². The van der Waals surface area contributed by atoms with Crippen molar-refractivity contribution in [1.29, 1.82) is 0 Å². The van der Waals surface area contributed by atoms with Gasteiger partial charge in [0.2, 0.25) is 0 Å². The van der Waals surface area contributed by atoms with Crippen molar-refractivity contribution in [2.75, 3.05) is 0 Å². The molecule has 6 nitrogen and oxygen atoms in total. The fraction of sp³-hybridized carbons (Fsp3) is 0.200. The second kappa shape index (κ2) is 4.96. The number of hydrogen-bond donors (Lipinski definition) is 1. The van der Waals surface area contributed by atoms with Crippen LogP contribution >= 0.6 is 11.8 Å². The zero-order chi connectivity index (χ0) is 12.3. The fourth-order valence-electron chi connectivity index (χ4n) is 1.13. The number of nitrogens with zero attached hydrogens (tertiary/aromatic N) is 4. The molecule has 0 saturated carbocycles. The first-order chi connectivity index (χ1) is 8.16. The minimum Gasteiger partial charge on any atom is -0.480 e. The van der Waals surface area contributed by atoms with E-state index in [4.69, 9.17) is 5.11 Å². The summed E-state index contributed by atoms with van der Waals surface area (Å²) in [5, 5.41) is 12.7. The third-order valence-corrected chi connectivity index (χ3v) is 2.95. The summed E-state index contributed by atoms with van der Waals surface area (Å²) in [6.45, 7) is 1.59. The van der Waals surface area contributed by atoms with Crippen LogP contribution in [0.2, 0.25) is 0 Å². The molecule has 2 heterocycles. The van der Waals surface area contributed by atoms with Crippen molar-refractivity contribution in [1.82, 2.24) is 19.7 Å². The summed E-state index contributed by atoms with van der Waals surface area (Å²) >= 11 is 1.10. The lowest BCUT2D eigenvalue weighted by Crippen LogP contribution is -2.12. The van der Waals surface area contributed by atoms with Gasteiger partial charge in [-0.3, -0.25) is 4.79 Å². The van der Waals surface area contributed by atoms with E-state index in [9.17, 15) is 4.79 Å². The number of aromatic nitrogens is 4. The van der Waals surface area contributed by atoms with E-state index in [2.05, 4.69) is 15.1 Å². The molecule has 2 aromatic heterocycles. The van der Waals surface area contributed by atoms with Gasteiger partial charge in [-0.25, -0.2) is 14.6 Å². The summed E-state index contributed by atoms with van der Waals surface area (Å²) in [5.41, 5.74) is 0. The smallest absolute Gasteiger partial charge is 0.316 e. The number of carboxylic acids is 1. The summed E-state index contributed by atoms with van der Waals surface area (Å²) in [4.78, 5) is 19.0. The maximum Gasteiger partial charge on any atom is 0.316 e. The van der Waals surface area contributed by atoms with Gasteiger partial charge in [0.05, 0.1) is 0 Å². The van der Waals surface area contributed by atoms with Crippen LogP contribution in [0.4, 0.5) is 0 Å². The molecule has 0 spiro atoms. The molecule has 7 heteroatoms. The van der Waals surface area contributed by atoms with Crippen molar-refractivity contribution >= 4 is 17.7 Å². The lowest BCUT2D eigenvalue weighted by Gasteiger charge is -2.05. The van der Waals surface area contributed by atoms with Crippen LogP contribution in [0.15, 0.2) is 35.9 Å². The molecule has 2 aromatic rings. The largest absolute Gasteiger partial charge is 0.480 e. The van der Waals surface area contributed by atoms with Gasteiger partial charge in [-0.05, 0) is 13.0 Å². The van der Waals surface area contributed by atoms with E-state index in [0.717, 1.165) is 11.8 Å². The molecule has 0 aliphatic rings. The van der Waals surface area contributed by atoms with Crippen LogP contribution < -0.4 is 0 Å². The predicted molar refractivity (Wildman–Crippen MR) is 62.1 cm³/mol. The molecule has 0 aromatic carbocycles. The molecular weight excluding hydrogens is 240 g/mol. The monoisotopic (exact) mass is 250 g/mol. The van der Waals surface area contributed by atoms with Gasteiger partial charge in [0.25, 0.3) is 0 Å².